The smallest absolute Gasteiger partial charge is 0.336 e. The molecule has 2 aromatic rings. The zero-order chi connectivity index (χ0) is 22.6. The first-order valence-electron chi connectivity index (χ1n) is 10.2. The number of carbonyl (C=O) groups is 1. The molecule has 0 saturated carbocycles. The lowest BCUT2D eigenvalue weighted by atomic mass is 9.98. The molecule has 2 aromatic carbocycles. The van der Waals surface area contributed by atoms with E-state index >= 15 is 0 Å². The number of methoxy groups -OCH3 is 1. The highest BCUT2D eigenvalue weighted by Gasteiger charge is 2.41. The van der Waals surface area contributed by atoms with Gasteiger partial charge in [0.15, 0.2) is 6.79 Å². The molecule has 162 valence electrons. The summed E-state index contributed by atoms with van der Waals surface area (Å²) in [5.41, 5.74) is 4.76. The zero-order valence-electron chi connectivity index (χ0n) is 18.8. The molecule has 6 heteroatoms. The Labute approximate surface area is 179 Å². The van der Waals surface area contributed by atoms with Crippen molar-refractivity contribution in [3.8, 4) is 17.2 Å². The number of rotatable bonds is 7. The zero-order valence-corrected chi connectivity index (χ0v) is 19.8. The summed E-state index contributed by atoms with van der Waals surface area (Å²) in [5, 5.41) is 10.7. The SMILES string of the molecule is COCOc1cc(C(=O)O)c2c(C#C[Si](C(C)C)(C(C)C)C(C)C)c(F)ccc2c1. The maximum atomic E-state index is 14.9. The molecule has 0 aliphatic carbocycles. The summed E-state index contributed by atoms with van der Waals surface area (Å²) < 4.78 is 25.2. The first-order chi connectivity index (χ1) is 14.1. The van der Waals surface area contributed by atoms with Gasteiger partial charge in [-0.2, -0.15) is 0 Å². The molecule has 0 fully saturated rings. The second kappa shape index (κ2) is 9.63. The molecule has 0 bridgehead atoms. The van der Waals surface area contributed by atoms with Gasteiger partial charge in [0.2, 0.25) is 0 Å². The van der Waals surface area contributed by atoms with E-state index in [9.17, 15) is 14.3 Å². The molecule has 0 aliphatic rings. The van der Waals surface area contributed by atoms with Gasteiger partial charge in [0, 0.05) is 12.5 Å². The predicted molar refractivity (Wildman–Crippen MR) is 121 cm³/mol. The fourth-order valence-corrected chi connectivity index (χ4v) is 9.73. The Hall–Kier alpha value is -2.36. The summed E-state index contributed by atoms with van der Waals surface area (Å²) >= 11 is 0. The number of hydrogen-bond acceptors (Lipinski definition) is 3. The lowest BCUT2D eigenvalue weighted by molar-refractivity contribution is 0.0509. The van der Waals surface area contributed by atoms with Crippen LogP contribution in [0.1, 0.15) is 57.5 Å². The van der Waals surface area contributed by atoms with Crippen molar-refractivity contribution in [2.75, 3.05) is 13.9 Å². The third-order valence-corrected chi connectivity index (χ3v) is 12.2. The van der Waals surface area contributed by atoms with Gasteiger partial charge < -0.3 is 14.6 Å². The van der Waals surface area contributed by atoms with Gasteiger partial charge in [0.05, 0.1) is 11.1 Å². The fraction of sp³-hybridized carbons (Fsp3) is 0.458. The Morgan fingerprint density at radius 1 is 1.10 bits per heavy atom. The van der Waals surface area contributed by atoms with Crippen molar-refractivity contribution >= 4 is 24.8 Å². The van der Waals surface area contributed by atoms with Crippen LogP contribution in [0.4, 0.5) is 4.39 Å². The molecule has 2 rings (SSSR count). The molecule has 0 spiro atoms. The molecule has 0 saturated heterocycles. The number of ether oxygens (including phenoxy) is 2. The van der Waals surface area contributed by atoms with Crippen LogP contribution in [0.5, 0.6) is 5.75 Å². The molecule has 0 aromatic heterocycles. The number of carboxylic acids is 1. The quantitative estimate of drug-likeness (QED) is 0.321. The van der Waals surface area contributed by atoms with Crippen LogP contribution in [0.2, 0.25) is 16.6 Å². The average molecular weight is 431 g/mol. The second-order valence-corrected chi connectivity index (χ2v) is 14.1. The van der Waals surface area contributed by atoms with Crippen molar-refractivity contribution in [1.82, 2.24) is 0 Å². The summed E-state index contributed by atoms with van der Waals surface area (Å²) in [7, 11) is -0.628. The van der Waals surface area contributed by atoms with Crippen LogP contribution >= 0.6 is 0 Å². The van der Waals surface area contributed by atoms with E-state index in [2.05, 4.69) is 53.0 Å². The topological polar surface area (TPSA) is 55.8 Å². The average Bonchev–Trinajstić information content (AvgIpc) is 2.66. The summed E-state index contributed by atoms with van der Waals surface area (Å²) in [6, 6.07) is 5.97. The maximum Gasteiger partial charge on any atom is 0.336 e. The predicted octanol–water partition coefficient (Wildman–Crippen LogP) is 6.23. The van der Waals surface area contributed by atoms with Crippen molar-refractivity contribution in [3.05, 3.63) is 41.2 Å². The number of benzene rings is 2. The van der Waals surface area contributed by atoms with Crippen LogP contribution in [0.3, 0.4) is 0 Å². The number of halogens is 1. The van der Waals surface area contributed by atoms with E-state index in [1.807, 2.05) is 0 Å². The molecule has 0 unspecified atom stereocenters. The Kier molecular flexibility index (Phi) is 7.68. The summed E-state index contributed by atoms with van der Waals surface area (Å²) in [6.45, 7) is 13.1. The largest absolute Gasteiger partial charge is 0.478 e. The van der Waals surface area contributed by atoms with Crippen LogP contribution in [-0.4, -0.2) is 33.1 Å². The Bertz CT molecular complexity index is 964. The third-order valence-electron chi connectivity index (χ3n) is 5.88. The molecule has 30 heavy (non-hydrogen) atoms. The summed E-state index contributed by atoms with van der Waals surface area (Å²) in [6.07, 6.45) is 0. The monoisotopic (exact) mass is 430 g/mol. The standard InChI is InChI=1S/C24H31FO4Si/c1-15(2)30(16(3)4,17(5)6)11-10-20-22(25)9-8-18-12-19(29-14-28-7)13-21(23(18)20)24(26)27/h8-9,12-13,15-17H,14H2,1-7H3,(H,26,27). The summed E-state index contributed by atoms with van der Waals surface area (Å²) in [4.78, 5) is 12.0. The van der Waals surface area contributed by atoms with Crippen LogP contribution < -0.4 is 4.74 Å². The van der Waals surface area contributed by atoms with E-state index in [4.69, 9.17) is 9.47 Å². The Balaban J connectivity index is 2.81. The molecule has 0 atom stereocenters. The van der Waals surface area contributed by atoms with Gasteiger partial charge in [0.25, 0.3) is 0 Å². The third kappa shape index (κ3) is 4.53. The van der Waals surface area contributed by atoms with Gasteiger partial charge in [-0.15, -0.1) is 5.54 Å². The van der Waals surface area contributed by atoms with Crippen molar-refractivity contribution in [1.29, 1.82) is 0 Å². The number of aromatic carboxylic acids is 1. The van der Waals surface area contributed by atoms with E-state index in [0.29, 0.717) is 33.1 Å². The van der Waals surface area contributed by atoms with Crippen molar-refractivity contribution in [2.45, 2.75) is 58.2 Å². The number of hydrogen-bond donors (Lipinski definition) is 1. The van der Waals surface area contributed by atoms with Crippen LogP contribution in [0.25, 0.3) is 10.8 Å². The van der Waals surface area contributed by atoms with Crippen molar-refractivity contribution < 1.29 is 23.8 Å². The highest BCUT2D eigenvalue weighted by Crippen LogP contribution is 2.41. The number of carboxylic acid groups (broad SMARTS) is 1. The minimum atomic E-state index is -2.11. The molecule has 0 heterocycles. The van der Waals surface area contributed by atoms with Crippen molar-refractivity contribution in [2.24, 2.45) is 0 Å². The van der Waals surface area contributed by atoms with Crippen molar-refractivity contribution in [3.63, 3.8) is 0 Å². The first-order valence-corrected chi connectivity index (χ1v) is 12.4. The lowest BCUT2D eigenvalue weighted by Gasteiger charge is -2.38. The van der Waals surface area contributed by atoms with E-state index in [1.54, 1.807) is 12.1 Å². The van der Waals surface area contributed by atoms with E-state index in [0.717, 1.165) is 0 Å². The molecular weight excluding hydrogens is 399 g/mol. The van der Waals surface area contributed by atoms with Gasteiger partial charge in [0.1, 0.15) is 19.6 Å². The molecule has 0 radical (unpaired) electrons. The van der Waals surface area contributed by atoms with E-state index in [1.165, 1.54) is 19.2 Å². The van der Waals surface area contributed by atoms with E-state index in [-0.39, 0.29) is 17.9 Å². The van der Waals surface area contributed by atoms with Gasteiger partial charge in [-0.1, -0.05) is 53.5 Å². The van der Waals surface area contributed by atoms with Gasteiger partial charge >= 0.3 is 5.97 Å². The van der Waals surface area contributed by atoms with Gasteiger partial charge in [-0.05, 0) is 40.2 Å². The highest BCUT2D eigenvalue weighted by molar-refractivity contribution is 6.90. The number of fused-ring (bicyclic) bond motifs is 1. The van der Waals surface area contributed by atoms with E-state index < -0.39 is 19.9 Å². The maximum absolute atomic E-state index is 14.9. The highest BCUT2D eigenvalue weighted by atomic mass is 28.3. The Morgan fingerprint density at radius 3 is 2.20 bits per heavy atom. The second-order valence-electron chi connectivity index (χ2n) is 8.49. The van der Waals surface area contributed by atoms with Crippen LogP contribution in [0, 0.1) is 17.3 Å². The molecule has 1 N–H and O–H groups in total. The minimum absolute atomic E-state index is 0.0102. The molecular formula is C24H31FO4Si. The first kappa shape index (κ1) is 23.9. The molecule has 4 nitrogen and oxygen atoms in total. The van der Waals surface area contributed by atoms with Crippen LogP contribution in [-0.2, 0) is 4.74 Å². The lowest BCUT2D eigenvalue weighted by Crippen LogP contribution is -2.43. The summed E-state index contributed by atoms with van der Waals surface area (Å²) in [5.74, 6) is 1.79. The Morgan fingerprint density at radius 2 is 1.70 bits per heavy atom. The minimum Gasteiger partial charge on any atom is -0.478 e. The van der Waals surface area contributed by atoms with Gasteiger partial charge in [-0.25, -0.2) is 9.18 Å². The fourth-order valence-electron chi connectivity index (χ4n) is 4.52. The van der Waals surface area contributed by atoms with Gasteiger partial charge in [-0.3, -0.25) is 0 Å². The molecule has 0 aliphatic heterocycles. The van der Waals surface area contributed by atoms with Crippen LogP contribution in [0.15, 0.2) is 24.3 Å². The molecule has 0 amide bonds. The normalized spacial score (nSPS) is 11.8.